The van der Waals surface area contributed by atoms with Crippen molar-refractivity contribution in [1.82, 2.24) is 4.57 Å². The summed E-state index contributed by atoms with van der Waals surface area (Å²) in [6.45, 7) is 6.68. The van der Waals surface area contributed by atoms with Gasteiger partial charge in [0, 0.05) is 24.1 Å². The van der Waals surface area contributed by atoms with Gasteiger partial charge in [-0.05, 0) is 26.8 Å². The number of esters is 1. The Balaban J connectivity index is 2.25. The van der Waals surface area contributed by atoms with Crippen molar-refractivity contribution in [2.75, 3.05) is 0 Å². The molecule has 1 aliphatic rings. The number of cyclic esters (lactones) is 1. The van der Waals surface area contributed by atoms with Gasteiger partial charge in [-0.1, -0.05) is 18.2 Å². The van der Waals surface area contributed by atoms with E-state index in [0.29, 0.717) is 5.56 Å². The Morgan fingerprint density at radius 2 is 1.96 bits per heavy atom. The first-order valence-corrected chi connectivity index (χ1v) is 7.47. The first-order valence-electron chi connectivity index (χ1n) is 7.47. The summed E-state index contributed by atoms with van der Waals surface area (Å²) in [6.07, 6.45) is 1.03. The predicted octanol–water partition coefficient (Wildman–Crippen LogP) is 3.76. The van der Waals surface area contributed by atoms with E-state index in [1.54, 1.807) is 13.1 Å². The number of aliphatic hydroxyl groups excluding tert-OH is 1. The second kappa shape index (κ2) is 4.98. The van der Waals surface area contributed by atoms with Crippen LogP contribution in [-0.4, -0.2) is 21.6 Å². The molecule has 3 rings (SSSR count). The Kier molecular flexibility index (Phi) is 3.32. The minimum atomic E-state index is -0.774. The lowest BCUT2D eigenvalue weighted by molar-refractivity contribution is -0.155. The zero-order valence-electron chi connectivity index (χ0n) is 13.6. The number of hydrogen-bond acceptors (Lipinski definition) is 4. The van der Waals surface area contributed by atoms with Gasteiger partial charge in [0.1, 0.15) is 11.9 Å². The predicted molar refractivity (Wildman–Crippen MR) is 86.2 cm³/mol. The molecule has 1 atom stereocenters. The molecule has 1 aliphatic heterocycles. The third-order valence-electron chi connectivity index (χ3n) is 4.52. The van der Waals surface area contributed by atoms with Crippen molar-refractivity contribution in [1.29, 1.82) is 0 Å². The molecule has 0 bridgehead atoms. The van der Waals surface area contributed by atoms with Crippen LogP contribution >= 0.6 is 0 Å². The number of nitrogens with zero attached hydrogens (tertiary/aromatic N) is 1. The summed E-state index contributed by atoms with van der Waals surface area (Å²) in [6, 6.07) is 7.45. The average Bonchev–Trinajstić information content (AvgIpc) is 2.89. The van der Waals surface area contributed by atoms with Gasteiger partial charge in [0.2, 0.25) is 5.91 Å². The summed E-state index contributed by atoms with van der Waals surface area (Å²) in [5.41, 5.74) is 0.923. The molecule has 0 unspecified atom stereocenters. The summed E-state index contributed by atoms with van der Waals surface area (Å²) in [4.78, 5) is 23.9. The highest BCUT2D eigenvalue weighted by Crippen LogP contribution is 2.48. The fraction of sp³-hybridized carbons (Fsp3) is 0.333. The topological polar surface area (TPSA) is 68.5 Å². The molecule has 0 saturated heterocycles. The molecule has 0 spiro atoms. The molecule has 2 aromatic rings. The maximum Gasteiger partial charge on any atom is 0.337 e. The van der Waals surface area contributed by atoms with Gasteiger partial charge in [0.15, 0.2) is 0 Å². The van der Waals surface area contributed by atoms with Crippen molar-refractivity contribution >= 4 is 22.8 Å². The van der Waals surface area contributed by atoms with Crippen LogP contribution in [0.15, 0.2) is 41.8 Å². The molecule has 0 radical (unpaired) electrons. The normalized spacial score (nSPS) is 20.7. The van der Waals surface area contributed by atoms with E-state index in [9.17, 15) is 14.7 Å². The molecule has 120 valence electrons. The van der Waals surface area contributed by atoms with Crippen molar-refractivity contribution < 1.29 is 19.4 Å². The van der Waals surface area contributed by atoms with E-state index < -0.39 is 17.5 Å². The Hall–Kier alpha value is -2.56. The smallest absolute Gasteiger partial charge is 0.337 e. The lowest BCUT2D eigenvalue weighted by Gasteiger charge is -2.37. The molecule has 23 heavy (non-hydrogen) atoms. The highest BCUT2D eigenvalue weighted by molar-refractivity contribution is 5.95. The highest BCUT2D eigenvalue weighted by Gasteiger charge is 2.45. The van der Waals surface area contributed by atoms with Crippen LogP contribution in [0.1, 0.15) is 44.2 Å². The molecule has 0 aliphatic carbocycles. The molecule has 0 amide bonds. The van der Waals surface area contributed by atoms with Crippen molar-refractivity contribution in [3.05, 3.63) is 47.4 Å². The van der Waals surface area contributed by atoms with E-state index in [4.69, 9.17) is 4.74 Å². The van der Waals surface area contributed by atoms with Gasteiger partial charge in [0.25, 0.3) is 0 Å². The minimum absolute atomic E-state index is 0.0263. The number of para-hydroxylation sites is 1. The van der Waals surface area contributed by atoms with E-state index >= 15 is 0 Å². The number of aromatic nitrogens is 1. The fourth-order valence-electron chi connectivity index (χ4n) is 3.17. The molecular formula is C18H19NO4. The number of carbonyl (C=O) groups is 2. The second-order valence-electron chi connectivity index (χ2n) is 6.47. The number of carbonyl (C=O) groups excluding carboxylic acids is 2. The van der Waals surface area contributed by atoms with Gasteiger partial charge in [0.05, 0.1) is 16.5 Å². The van der Waals surface area contributed by atoms with Gasteiger partial charge in [-0.2, -0.15) is 0 Å². The Morgan fingerprint density at radius 3 is 2.61 bits per heavy atom. The van der Waals surface area contributed by atoms with Crippen molar-refractivity contribution in [2.45, 2.75) is 33.8 Å². The number of benzene rings is 1. The first kappa shape index (κ1) is 15.3. The zero-order valence-corrected chi connectivity index (χ0v) is 13.6. The SMILES string of the molecule is CC(=O)n1cc([C@H]2OC(=O)C(C)=C(O)C2(C)C)c2ccccc21. The van der Waals surface area contributed by atoms with Crippen molar-refractivity contribution in [3.63, 3.8) is 0 Å². The van der Waals surface area contributed by atoms with Crippen LogP contribution in [0.3, 0.4) is 0 Å². The minimum Gasteiger partial charge on any atom is -0.511 e. The van der Waals surface area contributed by atoms with Gasteiger partial charge >= 0.3 is 5.97 Å². The monoisotopic (exact) mass is 313 g/mol. The van der Waals surface area contributed by atoms with Crippen molar-refractivity contribution in [3.8, 4) is 0 Å². The number of aliphatic hydroxyl groups is 1. The summed E-state index contributed by atoms with van der Waals surface area (Å²) in [7, 11) is 0. The van der Waals surface area contributed by atoms with Crippen LogP contribution in [-0.2, 0) is 9.53 Å². The Morgan fingerprint density at radius 1 is 1.30 bits per heavy atom. The van der Waals surface area contributed by atoms with Gasteiger partial charge < -0.3 is 9.84 Å². The van der Waals surface area contributed by atoms with E-state index in [2.05, 4.69) is 0 Å². The lowest BCUT2D eigenvalue weighted by atomic mass is 9.77. The van der Waals surface area contributed by atoms with Crippen LogP contribution in [0.4, 0.5) is 0 Å². The Labute approximate surface area is 134 Å². The number of fused-ring (bicyclic) bond motifs is 1. The van der Waals surface area contributed by atoms with E-state index in [0.717, 1.165) is 10.9 Å². The summed E-state index contributed by atoms with van der Waals surface area (Å²) in [5, 5.41) is 11.2. The van der Waals surface area contributed by atoms with Gasteiger partial charge in [-0.25, -0.2) is 4.79 Å². The maximum atomic E-state index is 12.0. The summed E-state index contributed by atoms with van der Waals surface area (Å²) >= 11 is 0. The van der Waals surface area contributed by atoms with Crippen LogP contribution in [0.5, 0.6) is 0 Å². The van der Waals surface area contributed by atoms with Crippen LogP contribution in [0.2, 0.25) is 0 Å². The summed E-state index contributed by atoms with van der Waals surface area (Å²) < 4.78 is 7.13. The van der Waals surface area contributed by atoms with E-state index in [1.165, 1.54) is 11.5 Å². The van der Waals surface area contributed by atoms with Crippen LogP contribution in [0.25, 0.3) is 10.9 Å². The zero-order chi connectivity index (χ0) is 16.9. The highest BCUT2D eigenvalue weighted by atomic mass is 16.5. The number of rotatable bonds is 1. The molecule has 2 heterocycles. The average molecular weight is 313 g/mol. The standard InChI is InChI=1S/C18H19NO4/c1-10-15(21)18(3,4)16(23-17(10)22)13-9-19(11(2)20)14-8-6-5-7-12(13)14/h5-9,16,21H,1-4H3/t16-/m1/s1. The van der Waals surface area contributed by atoms with E-state index in [-0.39, 0.29) is 17.2 Å². The first-order chi connectivity index (χ1) is 10.7. The molecule has 0 fully saturated rings. The molecule has 5 heteroatoms. The van der Waals surface area contributed by atoms with Gasteiger partial charge in [-0.3, -0.25) is 9.36 Å². The molecule has 1 N–H and O–H groups in total. The quantitative estimate of drug-likeness (QED) is 0.814. The molecular weight excluding hydrogens is 294 g/mol. The number of ether oxygens (including phenoxy) is 1. The third kappa shape index (κ3) is 2.15. The van der Waals surface area contributed by atoms with E-state index in [1.807, 2.05) is 38.1 Å². The fourth-order valence-corrected chi connectivity index (χ4v) is 3.17. The van der Waals surface area contributed by atoms with Crippen LogP contribution in [0, 0.1) is 5.41 Å². The van der Waals surface area contributed by atoms with Crippen molar-refractivity contribution in [2.24, 2.45) is 5.41 Å². The molecule has 0 saturated carbocycles. The number of hydrogen-bond donors (Lipinski definition) is 1. The molecule has 1 aromatic heterocycles. The third-order valence-corrected chi connectivity index (χ3v) is 4.52. The largest absolute Gasteiger partial charge is 0.511 e. The van der Waals surface area contributed by atoms with Gasteiger partial charge in [-0.15, -0.1) is 0 Å². The maximum absolute atomic E-state index is 12.0. The molecule has 1 aromatic carbocycles. The molecule has 5 nitrogen and oxygen atoms in total. The lowest BCUT2D eigenvalue weighted by Crippen LogP contribution is -2.35. The Bertz CT molecular complexity index is 857. The second-order valence-corrected chi connectivity index (χ2v) is 6.47. The van der Waals surface area contributed by atoms with Crippen LogP contribution < -0.4 is 0 Å². The summed E-state index contributed by atoms with van der Waals surface area (Å²) in [5.74, 6) is -0.631.